The molecule has 0 radical (unpaired) electrons. The lowest BCUT2D eigenvalue weighted by Gasteiger charge is -2.18. The van der Waals surface area contributed by atoms with Gasteiger partial charge in [0.15, 0.2) is 5.52 Å². The number of hydrogen-bond donors (Lipinski definition) is 0. The van der Waals surface area contributed by atoms with Gasteiger partial charge in [0.2, 0.25) is 5.65 Å². The van der Waals surface area contributed by atoms with Gasteiger partial charge < -0.3 is 0 Å². The van der Waals surface area contributed by atoms with Crippen LogP contribution in [-0.4, -0.2) is 61.8 Å². The molecule has 2 heterocycles. The minimum Gasteiger partial charge on any atom is -0.278 e. The molecular weight excluding hydrogens is 268 g/mol. The molecule has 7 nitrogen and oxygen atoms in total. The van der Waals surface area contributed by atoms with E-state index in [1.165, 1.54) is 4.85 Å². The maximum atomic E-state index is 6.03. The maximum Gasteiger partial charge on any atom is 0.472 e. The third-order valence-corrected chi connectivity index (χ3v) is 3.43. The summed E-state index contributed by atoms with van der Waals surface area (Å²) in [5, 5.41) is 8.07. The highest BCUT2D eigenvalue weighted by Crippen LogP contribution is 2.05. The second kappa shape index (κ2) is 7.01. The Morgan fingerprint density at radius 1 is 1.24 bits per heavy atom. The summed E-state index contributed by atoms with van der Waals surface area (Å²) < 4.78 is 2.16. The number of aromatic nitrogens is 4. The summed E-state index contributed by atoms with van der Waals surface area (Å²) in [4.78, 5) is 13.8. The van der Waals surface area contributed by atoms with E-state index in [2.05, 4.69) is 52.5 Å². The van der Waals surface area contributed by atoms with Crippen LogP contribution in [0.25, 0.3) is 11.2 Å². The summed E-state index contributed by atoms with van der Waals surface area (Å²) in [5.74, 6) is 0. The monoisotopic (exact) mass is 291 g/mol. The third-order valence-electron chi connectivity index (χ3n) is 3.43. The summed E-state index contributed by atoms with van der Waals surface area (Å²) in [7, 11) is 0. The molecule has 0 aliphatic heterocycles. The van der Waals surface area contributed by atoms with Crippen LogP contribution in [0.1, 0.15) is 27.7 Å². The minimum atomic E-state index is 0.580. The van der Waals surface area contributed by atoms with Gasteiger partial charge in [-0.3, -0.25) is 4.84 Å². The second-order valence-corrected chi connectivity index (χ2v) is 4.53. The van der Waals surface area contributed by atoms with Gasteiger partial charge in [-0.25, -0.2) is 14.5 Å². The molecule has 0 amide bonds. The first kappa shape index (κ1) is 15.2. The van der Waals surface area contributed by atoms with Gasteiger partial charge in [-0.2, -0.15) is 0 Å². The minimum absolute atomic E-state index is 0.580. The Kier molecular flexibility index (Phi) is 5.08. The zero-order valence-corrected chi connectivity index (χ0v) is 13.2. The van der Waals surface area contributed by atoms with Crippen molar-refractivity contribution in [1.29, 1.82) is 0 Å². The summed E-state index contributed by atoms with van der Waals surface area (Å²) in [6, 6.07) is 4.53. The van der Waals surface area contributed by atoms with Gasteiger partial charge in [0.1, 0.15) is 0 Å². The van der Waals surface area contributed by atoms with Crippen LogP contribution in [-0.2, 0) is 0 Å². The molecule has 2 rings (SSSR count). The molecule has 0 saturated heterocycles. The van der Waals surface area contributed by atoms with E-state index >= 15 is 0 Å². The highest BCUT2D eigenvalue weighted by molar-refractivity contribution is 5.72. The molecule has 0 N–H and O–H groups in total. The van der Waals surface area contributed by atoms with Gasteiger partial charge in [0.05, 0.1) is 26.2 Å². The zero-order chi connectivity index (χ0) is 15.2. The van der Waals surface area contributed by atoms with Gasteiger partial charge in [-0.1, -0.05) is 4.85 Å². The van der Waals surface area contributed by atoms with Gasteiger partial charge in [-0.05, 0) is 45.0 Å². The van der Waals surface area contributed by atoms with E-state index in [0.29, 0.717) is 5.65 Å². The zero-order valence-electron chi connectivity index (χ0n) is 13.2. The van der Waals surface area contributed by atoms with Crippen molar-refractivity contribution >= 4 is 17.2 Å². The summed E-state index contributed by atoms with van der Waals surface area (Å²) >= 11 is 0. The number of amidine groups is 1. The Morgan fingerprint density at radius 2 is 1.95 bits per heavy atom. The largest absolute Gasteiger partial charge is 0.472 e. The smallest absolute Gasteiger partial charge is 0.278 e. The van der Waals surface area contributed by atoms with Gasteiger partial charge in [0, 0.05) is 6.20 Å². The van der Waals surface area contributed by atoms with Crippen LogP contribution in [0.15, 0.2) is 18.3 Å². The van der Waals surface area contributed by atoms with Crippen molar-refractivity contribution in [3.63, 3.8) is 0 Å². The second-order valence-electron chi connectivity index (χ2n) is 4.53. The summed E-state index contributed by atoms with van der Waals surface area (Å²) in [6.45, 7) is 11.9. The Hall–Kier alpha value is -2.18. The molecule has 0 atom stereocenters. The molecule has 114 valence electrons. The van der Waals surface area contributed by atoms with Crippen molar-refractivity contribution < 1.29 is 9.41 Å². The summed E-state index contributed by atoms with van der Waals surface area (Å²) in [6.07, 6.45) is 1.70. The molecule has 0 bridgehead atoms. The predicted octanol–water partition coefficient (Wildman–Crippen LogP) is 1.00. The molecule has 0 unspecified atom stereocenters. The lowest BCUT2D eigenvalue weighted by molar-refractivity contribution is -0.535. The molecule has 2 aromatic rings. The molecule has 0 saturated carbocycles. The van der Waals surface area contributed by atoms with E-state index < -0.39 is 0 Å². The van der Waals surface area contributed by atoms with Crippen molar-refractivity contribution in [2.75, 3.05) is 26.2 Å². The van der Waals surface area contributed by atoms with Crippen LogP contribution in [0.4, 0.5) is 0 Å². The first-order chi connectivity index (χ1) is 10.2. The van der Waals surface area contributed by atoms with Crippen molar-refractivity contribution in [2.24, 2.45) is 0 Å². The van der Waals surface area contributed by atoms with E-state index in [4.69, 9.17) is 4.84 Å². The fourth-order valence-electron chi connectivity index (χ4n) is 2.19. The fraction of sp³-hybridized carbons (Fsp3) is 0.571. The van der Waals surface area contributed by atoms with Crippen molar-refractivity contribution in [3.8, 4) is 0 Å². The van der Waals surface area contributed by atoms with Crippen LogP contribution in [0.5, 0.6) is 0 Å². The summed E-state index contributed by atoms with van der Waals surface area (Å²) in [5.41, 5.74) is 1.34. The number of pyridine rings is 1. The average Bonchev–Trinajstić information content (AvgIpc) is 2.93. The highest BCUT2D eigenvalue weighted by Gasteiger charge is 2.24. The predicted molar refractivity (Wildman–Crippen MR) is 81.2 cm³/mol. The van der Waals surface area contributed by atoms with Gasteiger partial charge >= 0.3 is 6.02 Å². The quantitative estimate of drug-likeness (QED) is 0.467. The lowest BCUT2D eigenvalue weighted by Crippen LogP contribution is -2.45. The molecule has 21 heavy (non-hydrogen) atoms. The topological polar surface area (TPSA) is 59.1 Å². The van der Waals surface area contributed by atoms with E-state index in [1.807, 2.05) is 12.1 Å². The Balaban J connectivity index is 2.41. The molecule has 0 aliphatic carbocycles. The van der Waals surface area contributed by atoms with Crippen molar-refractivity contribution in [3.05, 3.63) is 18.3 Å². The van der Waals surface area contributed by atoms with E-state index in [9.17, 15) is 0 Å². The first-order valence-corrected chi connectivity index (χ1v) is 7.46. The number of rotatable bonds is 5. The van der Waals surface area contributed by atoms with Crippen LogP contribution in [0.2, 0.25) is 0 Å². The molecule has 0 fully saturated rings. The normalized spacial score (nSPS) is 10.7. The van der Waals surface area contributed by atoms with Crippen LogP contribution in [0, 0.1) is 0 Å². The number of fused-ring (bicyclic) bond motifs is 1. The lowest BCUT2D eigenvalue weighted by atomic mass is 10.4. The molecule has 0 spiro atoms. The Morgan fingerprint density at radius 3 is 2.57 bits per heavy atom. The molecule has 0 aliphatic rings. The fourth-order valence-corrected chi connectivity index (χ4v) is 2.19. The highest BCUT2D eigenvalue weighted by atomic mass is 16.7. The van der Waals surface area contributed by atoms with Crippen LogP contribution in [0.3, 0.4) is 0 Å². The van der Waals surface area contributed by atoms with Crippen molar-refractivity contribution in [1.82, 2.24) is 25.0 Å². The first-order valence-electron chi connectivity index (χ1n) is 7.46. The van der Waals surface area contributed by atoms with Crippen molar-refractivity contribution in [2.45, 2.75) is 27.7 Å². The SMILES string of the molecule is CCN(CC)C(On1nnc2ncccc21)=[N+](CC)CC. The third kappa shape index (κ3) is 3.12. The Labute approximate surface area is 124 Å². The average molecular weight is 291 g/mol. The van der Waals surface area contributed by atoms with Gasteiger partial charge in [-0.15, -0.1) is 5.10 Å². The van der Waals surface area contributed by atoms with Crippen LogP contribution >= 0.6 is 0 Å². The van der Waals surface area contributed by atoms with E-state index in [1.54, 1.807) is 6.20 Å². The molecule has 0 aromatic carbocycles. The number of hydrogen-bond acceptors (Lipinski definition) is 4. The van der Waals surface area contributed by atoms with Crippen LogP contribution < -0.4 is 4.84 Å². The van der Waals surface area contributed by atoms with Gasteiger partial charge in [0.25, 0.3) is 0 Å². The standard InChI is InChI=1S/C14H23N6O/c1-5-18(6-2)14(19(7-3)8-4)21-20-12-10-9-11-15-13(12)16-17-20/h9-11H,5-8H2,1-4H3/q+1. The number of nitrogens with zero attached hydrogens (tertiary/aromatic N) is 6. The van der Waals surface area contributed by atoms with E-state index in [-0.39, 0.29) is 0 Å². The Bertz CT molecular complexity index is 611. The molecule has 7 heteroatoms. The maximum absolute atomic E-state index is 6.03. The molecular formula is C14H23N6O+. The van der Waals surface area contributed by atoms with E-state index in [0.717, 1.165) is 37.7 Å². The molecule has 2 aromatic heterocycles.